The maximum atomic E-state index is 12.0. The molecule has 0 fully saturated rings. The van der Waals surface area contributed by atoms with Crippen molar-refractivity contribution in [2.24, 2.45) is 0 Å². The van der Waals surface area contributed by atoms with Crippen molar-refractivity contribution in [3.8, 4) is 11.5 Å². The molecule has 1 unspecified atom stereocenters. The van der Waals surface area contributed by atoms with Crippen LogP contribution in [0.5, 0.6) is 11.5 Å². The van der Waals surface area contributed by atoms with Crippen LogP contribution in [0, 0.1) is 0 Å². The Balaban J connectivity index is 2.03. The number of halogens is 2. The van der Waals surface area contributed by atoms with Crippen molar-refractivity contribution in [1.29, 1.82) is 0 Å². The molecule has 0 radical (unpaired) electrons. The Labute approximate surface area is 115 Å². The zero-order chi connectivity index (χ0) is 14.5. The number of aromatic hydroxyl groups is 1. The van der Waals surface area contributed by atoms with Gasteiger partial charge in [-0.2, -0.15) is 8.78 Å². The molecule has 2 N–H and O–H groups in total. The smallest absolute Gasteiger partial charge is 0.387 e. The average Bonchev–Trinajstić information content (AvgIpc) is 2.38. The van der Waals surface area contributed by atoms with Crippen LogP contribution in [-0.2, 0) is 6.42 Å². The summed E-state index contributed by atoms with van der Waals surface area (Å²) in [6.07, 6.45) is -0.457. The lowest BCUT2D eigenvalue weighted by Gasteiger charge is -2.12. The summed E-state index contributed by atoms with van der Waals surface area (Å²) in [5.41, 5.74) is 1.38. The number of hydrogen-bond acceptors (Lipinski definition) is 3. The highest BCUT2D eigenvalue weighted by atomic mass is 19.3. The quantitative estimate of drug-likeness (QED) is 0.883. The zero-order valence-electron chi connectivity index (χ0n) is 10.5. The Morgan fingerprint density at radius 2 is 1.75 bits per heavy atom. The molecule has 0 aliphatic rings. The van der Waals surface area contributed by atoms with Crippen molar-refractivity contribution >= 4 is 0 Å². The highest BCUT2D eigenvalue weighted by Crippen LogP contribution is 2.23. The van der Waals surface area contributed by atoms with E-state index in [-0.39, 0.29) is 11.5 Å². The van der Waals surface area contributed by atoms with Crippen molar-refractivity contribution in [2.45, 2.75) is 19.1 Å². The van der Waals surface area contributed by atoms with Gasteiger partial charge in [-0.3, -0.25) is 0 Å². The van der Waals surface area contributed by atoms with E-state index in [2.05, 4.69) is 4.74 Å². The van der Waals surface area contributed by atoms with Gasteiger partial charge in [0.05, 0.1) is 6.10 Å². The molecule has 0 spiro atoms. The van der Waals surface area contributed by atoms with Crippen LogP contribution in [0.1, 0.15) is 17.2 Å². The van der Waals surface area contributed by atoms with Crippen LogP contribution in [0.2, 0.25) is 0 Å². The van der Waals surface area contributed by atoms with Gasteiger partial charge in [-0.25, -0.2) is 0 Å². The first kappa shape index (κ1) is 14.3. The number of hydrogen-bond donors (Lipinski definition) is 2. The average molecular weight is 280 g/mol. The summed E-state index contributed by atoms with van der Waals surface area (Å²) in [6.45, 7) is -2.86. The molecule has 20 heavy (non-hydrogen) atoms. The van der Waals surface area contributed by atoms with E-state index in [0.29, 0.717) is 12.0 Å². The predicted octanol–water partition coefficient (Wildman–Crippen LogP) is 3.27. The standard InChI is InChI=1S/C15H14F2O3/c16-15(17)20-13-6-4-11(5-7-13)14(19)9-10-2-1-3-12(18)8-10/h1-8,14-15,18-19H,9H2. The molecular weight excluding hydrogens is 266 g/mol. The molecule has 0 amide bonds. The topological polar surface area (TPSA) is 49.7 Å². The zero-order valence-corrected chi connectivity index (χ0v) is 10.5. The maximum absolute atomic E-state index is 12.0. The Morgan fingerprint density at radius 3 is 2.35 bits per heavy atom. The molecule has 0 aliphatic heterocycles. The van der Waals surface area contributed by atoms with Crippen molar-refractivity contribution in [1.82, 2.24) is 0 Å². The first-order valence-corrected chi connectivity index (χ1v) is 6.05. The van der Waals surface area contributed by atoms with Crippen LogP contribution < -0.4 is 4.74 Å². The summed E-state index contributed by atoms with van der Waals surface area (Å²) in [5, 5.41) is 19.4. The highest BCUT2D eigenvalue weighted by molar-refractivity contribution is 5.31. The van der Waals surface area contributed by atoms with Gasteiger partial charge in [0.25, 0.3) is 0 Å². The second-order valence-electron chi connectivity index (χ2n) is 4.34. The molecule has 5 heteroatoms. The van der Waals surface area contributed by atoms with Gasteiger partial charge < -0.3 is 14.9 Å². The Morgan fingerprint density at radius 1 is 1.05 bits per heavy atom. The Kier molecular flexibility index (Phi) is 4.53. The summed E-state index contributed by atoms with van der Waals surface area (Å²) in [7, 11) is 0. The molecule has 2 rings (SSSR count). The van der Waals surface area contributed by atoms with E-state index in [0.717, 1.165) is 5.56 Å². The van der Waals surface area contributed by atoms with Crippen LogP contribution >= 0.6 is 0 Å². The third kappa shape index (κ3) is 3.93. The van der Waals surface area contributed by atoms with E-state index in [9.17, 15) is 19.0 Å². The molecule has 2 aromatic rings. The number of alkyl halides is 2. The number of phenolic OH excluding ortho intramolecular Hbond substituents is 1. The van der Waals surface area contributed by atoms with Crippen LogP contribution in [0.3, 0.4) is 0 Å². The summed E-state index contributed by atoms with van der Waals surface area (Å²) < 4.78 is 28.3. The van der Waals surface area contributed by atoms with Gasteiger partial charge in [0.2, 0.25) is 0 Å². The Hall–Kier alpha value is -2.14. The van der Waals surface area contributed by atoms with Gasteiger partial charge in [-0.15, -0.1) is 0 Å². The molecule has 0 aliphatic carbocycles. The number of rotatable bonds is 5. The fraction of sp³-hybridized carbons (Fsp3) is 0.200. The second kappa shape index (κ2) is 6.34. The molecule has 0 bridgehead atoms. The molecule has 2 aromatic carbocycles. The van der Waals surface area contributed by atoms with Crippen molar-refractivity contribution < 1.29 is 23.7 Å². The van der Waals surface area contributed by atoms with E-state index >= 15 is 0 Å². The lowest BCUT2D eigenvalue weighted by atomic mass is 10.0. The second-order valence-corrected chi connectivity index (χ2v) is 4.34. The van der Waals surface area contributed by atoms with Gasteiger partial charge in [-0.05, 0) is 35.4 Å². The lowest BCUT2D eigenvalue weighted by Crippen LogP contribution is -2.04. The van der Waals surface area contributed by atoms with E-state index in [1.165, 1.54) is 24.3 Å². The maximum Gasteiger partial charge on any atom is 0.387 e. The van der Waals surface area contributed by atoms with Crippen LogP contribution in [-0.4, -0.2) is 16.8 Å². The molecule has 0 heterocycles. The number of ether oxygens (including phenoxy) is 1. The lowest BCUT2D eigenvalue weighted by molar-refractivity contribution is -0.0498. The van der Waals surface area contributed by atoms with Crippen molar-refractivity contribution in [2.75, 3.05) is 0 Å². The fourth-order valence-electron chi connectivity index (χ4n) is 1.90. The SMILES string of the molecule is Oc1cccc(CC(O)c2ccc(OC(F)F)cc2)c1. The number of phenols is 1. The van der Waals surface area contributed by atoms with Gasteiger partial charge in [-0.1, -0.05) is 24.3 Å². The van der Waals surface area contributed by atoms with Crippen LogP contribution in [0.25, 0.3) is 0 Å². The number of benzene rings is 2. The van der Waals surface area contributed by atoms with Crippen molar-refractivity contribution in [3.05, 3.63) is 59.7 Å². The first-order chi connectivity index (χ1) is 9.54. The van der Waals surface area contributed by atoms with Gasteiger partial charge in [0, 0.05) is 6.42 Å². The number of aliphatic hydroxyl groups is 1. The molecule has 0 saturated carbocycles. The van der Waals surface area contributed by atoms with E-state index < -0.39 is 12.7 Å². The molecule has 1 atom stereocenters. The molecular formula is C15H14F2O3. The van der Waals surface area contributed by atoms with E-state index in [4.69, 9.17) is 0 Å². The monoisotopic (exact) mass is 280 g/mol. The molecule has 106 valence electrons. The normalized spacial score (nSPS) is 12.4. The van der Waals surface area contributed by atoms with Crippen molar-refractivity contribution in [3.63, 3.8) is 0 Å². The molecule has 3 nitrogen and oxygen atoms in total. The first-order valence-electron chi connectivity index (χ1n) is 6.05. The minimum Gasteiger partial charge on any atom is -0.508 e. The largest absolute Gasteiger partial charge is 0.508 e. The molecule has 0 saturated heterocycles. The van der Waals surface area contributed by atoms with Crippen LogP contribution in [0.4, 0.5) is 8.78 Å². The van der Waals surface area contributed by atoms with Gasteiger partial charge in [0.1, 0.15) is 11.5 Å². The van der Waals surface area contributed by atoms with Gasteiger partial charge >= 0.3 is 6.61 Å². The van der Waals surface area contributed by atoms with Gasteiger partial charge in [0.15, 0.2) is 0 Å². The predicted molar refractivity (Wildman–Crippen MR) is 69.8 cm³/mol. The molecule has 0 aromatic heterocycles. The van der Waals surface area contributed by atoms with E-state index in [1.54, 1.807) is 24.3 Å². The minimum atomic E-state index is -2.86. The highest BCUT2D eigenvalue weighted by Gasteiger charge is 2.10. The third-order valence-electron chi connectivity index (χ3n) is 2.83. The summed E-state index contributed by atoms with van der Waals surface area (Å²) in [5.74, 6) is 0.184. The summed E-state index contributed by atoms with van der Waals surface area (Å²) in [4.78, 5) is 0. The fourth-order valence-corrected chi connectivity index (χ4v) is 1.90. The number of aliphatic hydroxyl groups excluding tert-OH is 1. The minimum absolute atomic E-state index is 0.0494. The third-order valence-corrected chi connectivity index (χ3v) is 2.83. The van der Waals surface area contributed by atoms with E-state index in [1.807, 2.05) is 0 Å². The van der Waals surface area contributed by atoms with Crippen LogP contribution in [0.15, 0.2) is 48.5 Å². The Bertz CT molecular complexity index is 555. The summed E-state index contributed by atoms with van der Waals surface area (Å²) in [6, 6.07) is 12.4. The summed E-state index contributed by atoms with van der Waals surface area (Å²) >= 11 is 0.